The third-order valence-corrected chi connectivity index (χ3v) is 4.63. The number of carboxylic acid groups (broad SMARTS) is 1. The van der Waals surface area contributed by atoms with E-state index in [1.54, 1.807) is 24.3 Å². The van der Waals surface area contributed by atoms with Crippen molar-refractivity contribution in [2.24, 2.45) is 0 Å². The van der Waals surface area contributed by atoms with Crippen LogP contribution in [0.1, 0.15) is 32.1 Å². The summed E-state index contributed by atoms with van der Waals surface area (Å²) < 4.78 is 0. The smallest absolute Gasteiger partial charge is 0.329 e. The number of hydrogen-bond donors (Lipinski definition) is 3. The summed E-state index contributed by atoms with van der Waals surface area (Å²) in [7, 11) is 0. The molecule has 0 aromatic heterocycles. The van der Waals surface area contributed by atoms with E-state index in [-0.39, 0.29) is 31.2 Å². The van der Waals surface area contributed by atoms with E-state index in [2.05, 4.69) is 10.6 Å². The number of fused-ring (bicyclic) bond motifs is 1. The molecule has 3 rings (SSSR count). The largest absolute Gasteiger partial charge is 0.480 e. The van der Waals surface area contributed by atoms with E-state index in [1.165, 1.54) is 4.90 Å². The second-order valence-electron chi connectivity index (χ2n) is 6.33. The highest BCUT2D eigenvalue weighted by Crippen LogP contribution is 2.32. The van der Waals surface area contributed by atoms with Gasteiger partial charge in [0.05, 0.1) is 11.4 Å². The highest BCUT2D eigenvalue weighted by atomic mass is 16.4. The molecule has 2 aliphatic rings. The summed E-state index contributed by atoms with van der Waals surface area (Å²) >= 11 is 0. The number of carboxylic acids is 1. The molecular formula is C17H19N3O5. The van der Waals surface area contributed by atoms with Gasteiger partial charge in [0.25, 0.3) is 0 Å². The number of carbonyl (C=O) groups is 4. The number of amides is 3. The topological polar surface area (TPSA) is 116 Å². The van der Waals surface area contributed by atoms with E-state index in [9.17, 15) is 24.3 Å². The molecule has 8 heteroatoms. The summed E-state index contributed by atoms with van der Waals surface area (Å²) in [4.78, 5) is 48.8. The van der Waals surface area contributed by atoms with Crippen molar-refractivity contribution in [1.82, 2.24) is 5.32 Å². The Hall–Kier alpha value is -2.90. The van der Waals surface area contributed by atoms with Gasteiger partial charge in [-0.2, -0.15) is 0 Å². The summed E-state index contributed by atoms with van der Waals surface area (Å²) in [6.45, 7) is -0.101. The molecule has 1 aliphatic heterocycles. The minimum atomic E-state index is -1.18. The molecule has 0 atom stereocenters. The van der Waals surface area contributed by atoms with Gasteiger partial charge in [0.2, 0.25) is 17.7 Å². The second kappa shape index (κ2) is 6.54. The summed E-state index contributed by atoms with van der Waals surface area (Å²) in [6.07, 6.45) is 1.35. The Balaban J connectivity index is 1.60. The maximum absolute atomic E-state index is 12.4. The molecule has 8 nitrogen and oxygen atoms in total. The highest BCUT2D eigenvalue weighted by Gasteiger charge is 2.45. The van der Waals surface area contributed by atoms with Crippen LogP contribution in [0.4, 0.5) is 11.4 Å². The zero-order valence-electron chi connectivity index (χ0n) is 13.6. The number of nitrogens with zero attached hydrogens (tertiary/aromatic N) is 1. The first-order chi connectivity index (χ1) is 11.9. The predicted molar refractivity (Wildman–Crippen MR) is 89.0 cm³/mol. The fourth-order valence-electron chi connectivity index (χ4n) is 3.06. The standard InChI is InChI=1S/C17H19N3O5/c21-13(19-17(16(24)25)8-3-9-17)6-7-15(23)20-10-14(22)18-11-4-1-2-5-12(11)20/h1-2,4-5H,3,6-10H2,(H,18,22)(H,19,21)(H,24,25). The van der Waals surface area contributed by atoms with Gasteiger partial charge >= 0.3 is 5.97 Å². The zero-order chi connectivity index (χ0) is 18.0. The van der Waals surface area contributed by atoms with Crippen molar-refractivity contribution < 1.29 is 24.3 Å². The molecule has 3 N–H and O–H groups in total. The Kier molecular flexibility index (Phi) is 4.43. The van der Waals surface area contributed by atoms with Crippen LogP contribution >= 0.6 is 0 Å². The van der Waals surface area contributed by atoms with Gasteiger partial charge in [0.15, 0.2) is 0 Å². The maximum atomic E-state index is 12.4. The van der Waals surface area contributed by atoms with Gasteiger partial charge in [-0.15, -0.1) is 0 Å². The van der Waals surface area contributed by atoms with Gasteiger partial charge in [0.1, 0.15) is 12.1 Å². The molecule has 0 bridgehead atoms. The number of nitrogens with one attached hydrogen (secondary N) is 2. The van der Waals surface area contributed by atoms with E-state index in [1.807, 2.05) is 0 Å². The lowest BCUT2D eigenvalue weighted by molar-refractivity contribution is -0.151. The lowest BCUT2D eigenvalue weighted by Crippen LogP contribution is -2.59. The summed E-state index contributed by atoms with van der Waals surface area (Å²) in [5, 5.41) is 14.4. The number of benzene rings is 1. The number of hydrogen-bond acceptors (Lipinski definition) is 4. The van der Waals surface area contributed by atoms with Gasteiger partial charge in [0, 0.05) is 12.8 Å². The summed E-state index contributed by atoms with van der Waals surface area (Å²) in [5.41, 5.74) is -0.0399. The first kappa shape index (κ1) is 16.9. The van der Waals surface area contributed by atoms with Crippen LogP contribution in [0, 0.1) is 0 Å². The van der Waals surface area contributed by atoms with Gasteiger partial charge in [-0.1, -0.05) is 12.1 Å². The second-order valence-corrected chi connectivity index (χ2v) is 6.33. The molecule has 1 saturated carbocycles. The van der Waals surface area contributed by atoms with Crippen molar-refractivity contribution in [2.45, 2.75) is 37.6 Å². The van der Waals surface area contributed by atoms with E-state index >= 15 is 0 Å². The number of anilines is 2. The average Bonchev–Trinajstić information content (AvgIpc) is 2.54. The maximum Gasteiger partial charge on any atom is 0.329 e. The SMILES string of the molecule is O=C1CN(C(=O)CCC(=O)NC2(C(=O)O)CCC2)c2ccccc2N1. The highest BCUT2D eigenvalue weighted by molar-refractivity contribution is 6.10. The van der Waals surface area contributed by atoms with Crippen LogP contribution in [-0.2, 0) is 19.2 Å². The van der Waals surface area contributed by atoms with Gasteiger partial charge in [-0.05, 0) is 31.4 Å². The van der Waals surface area contributed by atoms with E-state index in [0.29, 0.717) is 24.2 Å². The van der Waals surface area contributed by atoms with Crippen molar-refractivity contribution in [3.8, 4) is 0 Å². The number of para-hydroxylation sites is 2. The Morgan fingerprint density at radius 1 is 1.20 bits per heavy atom. The summed E-state index contributed by atoms with van der Waals surface area (Å²) in [5.74, 6) is -2.16. The third-order valence-electron chi connectivity index (χ3n) is 4.63. The van der Waals surface area contributed by atoms with Crippen molar-refractivity contribution in [3.05, 3.63) is 24.3 Å². The fraction of sp³-hybridized carbons (Fsp3) is 0.412. The number of carbonyl (C=O) groups excluding carboxylic acids is 3. The third kappa shape index (κ3) is 3.33. The van der Waals surface area contributed by atoms with Crippen molar-refractivity contribution >= 4 is 35.1 Å². The molecule has 0 radical (unpaired) electrons. The van der Waals surface area contributed by atoms with Crippen LogP contribution in [0.2, 0.25) is 0 Å². The van der Waals surface area contributed by atoms with E-state index < -0.39 is 17.4 Å². The lowest BCUT2D eigenvalue weighted by Gasteiger charge is -2.38. The molecule has 0 spiro atoms. The molecule has 0 unspecified atom stereocenters. The van der Waals surface area contributed by atoms with Gasteiger partial charge in [-0.25, -0.2) is 4.79 Å². The van der Waals surface area contributed by atoms with Crippen LogP contribution in [0.3, 0.4) is 0 Å². The fourth-order valence-corrected chi connectivity index (χ4v) is 3.06. The van der Waals surface area contributed by atoms with Crippen molar-refractivity contribution in [3.63, 3.8) is 0 Å². The summed E-state index contributed by atoms with van der Waals surface area (Å²) in [6, 6.07) is 6.94. The number of rotatable bonds is 5. The van der Waals surface area contributed by atoms with Crippen LogP contribution < -0.4 is 15.5 Å². The Labute approximate surface area is 144 Å². The molecule has 1 aromatic carbocycles. The van der Waals surface area contributed by atoms with Crippen molar-refractivity contribution in [1.29, 1.82) is 0 Å². The monoisotopic (exact) mass is 345 g/mol. The first-order valence-corrected chi connectivity index (χ1v) is 8.15. The predicted octanol–water partition coefficient (Wildman–Crippen LogP) is 0.875. The molecular weight excluding hydrogens is 326 g/mol. The molecule has 1 aliphatic carbocycles. The molecule has 0 saturated heterocycles. The van der Waals surface area contributed by atoms with Crippen LogP contribution in [0.25, 0.3) is 0 Å². The quantitative estimate of drug-likeness (QED) is 0.732. The molecule has 3 amide bonds. The molecule has 25 heavy (non-hydrogen) atoms. The van der Waals surface area contributed by atoms with Crippen molar-refractivity contribution in [2.75, 3.05) is 16.8 Å². The van der Waals surface area contributed by atoms with Crippen LogP contribution in [0.5, 0.6) is 0 Å². The van der Waals surface area contributed by atoms with E-state index in [0.717, 1.165) is 6.42 Å². The minimum Gasteiger partial charge on any atom is -0.480 e. The molecule has 1 aromatic rings. The molecule has 1 heterocycles. The molecule has 1 fully saturated rings. The zero-order valence-corrected chi connectivity index (χ0v) is 13.6. The van der Waals surface area contributed by atoms with E-state index in [4.69, 9.17) is 0 Å². The first-order valence-electron chi connectivity index (χ1n) is 8.15. The minimum absolute atomic E-state index is 0.0941. The normalized spacial score (nSPS) is 17.8. The average molecular weight is 345 g/mol. The number of aliphatic carboxylic acids is 1. The van der Waals surface area contributed by atoms with Crippen LogP contribution in [-0.4, -0.2) is 40.9 Å². The molecule has 132 valence electrons. The Morgan fingerprint density at radius 2 is 1.92 bits per heavy atom. The lowest BCUT2D eigenvalue weighted by atomic mass is 9.76. The van der Waals surface area contributed by atoms with Gasteiger partial charge < -0.3 is 20.6 Å². The Bertz CT molecular complexity index is 742. The Morgan fingerprint density at radius 3 is 2.56 bits per heavy atom. The van der Waals surface area contributed by atoms with Crippen LogP contribution in [0.15, 0.2) is 24.3 Å². The van der Waals surface area contributed by atoms with Gasteiger partial charge in [-0.3, -0.25) is 14.4 Å².